The van der Waals surface area contributed by atoms with Crippen LogP contribution in [0.3, 0.4) is 0 Å². The van der Waals surface area contributed by atoms with E-state index in [1.54, 1.807) is 43.5 Å². The first-order valence-electron chi connectivity index (χ1n) is 6.04. The summed E-state index contributed by atoms with van der Waals surface area (Å²) in [5, 5.41) is 10.4. The third-order valence-electron chi connectivity index (χ3n) is 3.01. The third kappa shape index (κ3) is 3.18. The van der Waals surface area contributed by atoms with E-state index < -0.39 is 15.9 Å². The van der Waals surface area contributed by atoms with Crippen LogP contribution < -0.4 is 4.74 Å². The summed E-state index contributed by atoms with van der Waals surface area (Å²) in [5.41, 5.74) is 1.18. The van der Waals surface area contributed by atoms with Crippen molar-refractivity contribution in [2.45, 2.75) is 11.0 Å². The molecule has 4 nitrogen and oxygen atoms in total. The summed E-state index contributed by atoms with van der Waals surface area (Å²) in [6.07, 6.45) is 0.246. The summed E-state index contributed by atoms with van der Waals surface area (Å²) in [7, 11) is -1.74. The number of hydrogen-bond donors (Lipinski definition) is 1. The molecule has 0 spiro atoms. The van der Waals surface area contributed by atoms with E-state index in [4.69, 9.17) is 4.74 Å². The van der Waals surface area contributed by atoms with E-state index in [0.29, 0.717) is 16.9 Å². The van der Waals surface area contributed by atoms with Gasteiger partial charge in [-0.2, -0.15) is 0 Å². The molecule has 0 saturated heterocycles. The van der Waals surface area contributed by atoms with Gasteiger partial charge in [-0.25, -0.2) is 8.42 Å². The Kier molecular flexibility index (Phi) is 4.11. The SMILES string of the molecule is COc1cccc(C(O)c2cccc(S(C)(=O)=O)c2)c1. The number of rotatable bonds is 4. The van der Waals surface area contributed by atoms with E-state index in [-0.39, 0.29) is 4.90 Å². The first-order chi connectivity index (χ1) is 9.41. The fourth-order valence-corrected chi connectivity index (χ4v) is 2.60. The van der Waals surface area contributed by atoms with Crippen molar-refractivity contribution >= 4 is 9.84 Å². The first kappa shape index (κ1) is 14.6. The molecule has 0 aliphatic rings. The van der Waals surface area contributed by atoms with Crippen LogP contribution in [-0.4, -0.2) is 26.9 Å². The molecule has 1 atom stereocenters. The van der Waals surface area contributed by atoms with E-state index in [9.17, 15) is 13.5 Å². The molecule has 106 valence electrons. The molecule has 2 rings (SSSR count). The maximum absolute atomic E-state index is 11.5. The minimum Gasteiger partial charge on any atom is -0.497 e. The maximum atomic E-state index is 11.5. The highest BCUT2D eigenvalue weighted by Gasteiger charge is 2.14. The van der Waals surface area contributed by atoms with Crippen LogP contribution in [0.15, 0.2) is 53.4 Å². The van der Waals surface area contributed by atoms with Gasteiger partial charge in [0.25, 0.3) is 0 Å². The van der Waals surface area contributed by atoms with Crippen molar-refractivity contribution in [3.05, 3.63) is 59.7 Å². The van der Waals surface area contributed by atoms with E-state index in [0.717, 1.165) is 6.26 Å². The highest BCUT2D eigenvalue weighted by atomic mass is 32.2. The minimum atomic E-state index is -3.29. The maximum Gasteiger partial charge on any atom is 0.175 e. The Labute approximate surface area is 118 Å². The Bertz CT molecular complexity index is 707. The van der Waals surface area contributed by atoms with Crippen LogP contribution in [0.4, 0.5) is 0 Å². The number of methoxy groups -OCH3 is 1. The molecule has 0 aliphatic heterocycles. The van der Waals surface area contributed by atoms with E-state index in [2.05, 4.69) is 0 Å². The lowest BCUT2D eigenvalue weighted by Crippen LogP contribution is -2.03. The monoisotopic (exact) mass is 292 g/mol. The predicted molar refractivity (Wildman–Crippen MR) is 76.6 cm³/mol. The molecule has 1 N–H and O–H groups in total. The van der Waals surface area contributed by atoms with Crippen LogP contribution in [0.5, 0.6) is 5.75 Å². The Balaban J connectivity index is 2.40. The normalized spacial score (nSPS) is 12.9. The van der Waals surface area contributed by atoms with Crippen LogP contribution in [-0.2, 0) is 9.84 Å². The second kappa shape index (κ2) is 5.64. The van der Waals surface area contributed by atoms with Gasteiger partial charge in [0.05, 0.1) is 12.0 Å². The van der Waals surface area contributed by atoms with Gasteiger partial charge in [-0.15, -0.1) is 0 Å². The van der Waals surface area contributed by atoms with Crippen LogP contribution in [0.2, 0.25) is 0 Å². The Morgan fingerprint density at radius 1 is 1.05 bits per heavy atom. The molecule has 20 heavy (non-hydrogen) atoms. The van der Waals surface area contributed by atoms with Gasteiger partial charge < -0.3 is 9.84 Å². The largest absolute Gasteiger partial charge is 0.497 e. The molecule has 0 aromatic heterocycles. The van der Waals surface area contributed by atoms with Crippen molar-refractivity contribution in [2.24, 2.45) is 0 Å². The molecule has 2 aromatic carbocycles. The molecule has 0 bridgehead atoms. The van der Waals surface area contributed by atoms with Gasteiger partial charge in [0, 0.05) is 6.26 Å². The topological polar surface area (TPSA) is 63.6 Å². The fourth-order valence-electron chi connectivity index (χ4n) is 1.92. The van der Waals surface area contributed by atoms with Crippen molar-refractivity contribution in [2.75, 3.05) is 13.4 Å². The lowest BCUT2D eigenvalue weighted by Gasteiger charge is -2.13. The van der Waals surface area contributed by atoms with Crippen molar-refractivity contribution in [3.8, 4) is 5.75 Å². The number of aliphatic hydroxyl groups excluding tert-OH is 1. The van der Waals surface area contributed by atoms with E-state index in [1.807, 2.05) is 0 Å². The summed E-state index contributed by atoms with van der Waals surface area (Å²) in [5.74, 6) is 0.640. The molecular formula is C15H16O4S. The fraction of sp³-hybridized carbons (Fsp3) is 0.200. The average molecular weight is 292 g/mol. The molecule has 0 radical (unpaired) electrons. The van der Waals surface area contributed by atoms with Gasteiger partial charge in [0.1, 0.15) is 11.9 Å². The van der Waals surface area contributed by atoms with Crippen molar-refractivity contribution < 1.29 is 18.3 Å². The number of hydrogen-bond acceptors (Lipinski definition) is 4. The number of benzene rings is 2. The molecule has 5 heteroatoms. The summed E-state index contributed by atoms with van der Waals surface area (Å²) < 4.78 is 28.2. The smallest absolute Gasteiger partial charge is 0.175 e. The van der Waals surface area contributed by atoms with Gasteiger partial charge in [-0.3, -0.25) is 0 Å². The van der Waals surface area contributed by atoms with Gasteiger partial charge in [0.2, 0.25) is 0 Å². The zero-order valence-corrected chi connectivity index (χ0v) is 12.1. The van der Waals surface area contributed by atoms with Crippen LogP contribution in [0.25, 0.3) is 0 Å². The minimum absolute atomic E-state index is 0.192. The van der Waals surface area contributed by atoms with Gasteiger partial charge in [-0.05, 0) is 35.4 Å². The average Bonchev–Trinajstić information content (AvgIpc) is 2.46. The number of ether oxygens (including phenoxy) is 1. The van der Waals surface area contributed by atoms with Gasteiger partial charge >= 0.3 is 0 Å². The summed E-state index contributed by atoms with van der Waals surface area (Å²) >= 11 is 0. The highest BCUT2D eigenvalue weighted by Crippen LogP contribution is 2.26. The zero-order chi connectivity index (χ0) is 14.8. The zero-order valence-electron chi connectivity index (χ0n) is 11.3. The van der Waals surface area contributed by atoms with Crippen LogP contribution in [0, 0.1) is 0 Å². The molecule has 0 aliphatic carbocycles. The van der Waals surface area contributed by atoms with Gasteiger partial charge in [-0.1, -0.05) is 24.3 Å². The Morgan fingerprint density at radius 2 is 1.65 bits per heavy atom. The van der Waals surface area contributed by atoms with E-state index >= 15 is 0 Å². The highest BCUT2D eigenvalue weighted by molar-refractivity contribution is 7.90. The van der Waals surface area contributed by atoms with Crippen LogP contribution in [0.1, 0.15) is 17.2 Å². The molecule has 0 fully saturated rings. The lowest BCUT2D eigenvalue weighted by atomic mass is 10.0. The molecule has 2 aromatic rings. The van der Waals surface area contributed by atoms with Crippen molar-refractivity contribution in [1.82, 2.24) is 0 Å². The third-order valence-corrected chi connectivity index (χ3v) is 4.12. The predicted octanol–water partition coefficient (Wildman–Crippen LogP) is 2.18. The number of sulfone groups is 1. The second-order valence-corrected chi connectivity index (χ2v) is 6.54. The lowest BCUT2D eigenvalue weighted by molar-refractivity contribution is 0.219. The van der Waals surface area contributed by atoms with Crippen molar-refractivity contribution in [3.63, 3.8) is 0 Å². The summed E-state index contributed by atoms with van der Waals surface area (Å²) in [6.45, 7) is 0. The Hall–Kier alpha value is -1.85. The van der Waals surface area contributed by atoms with Crippen molar-refractivity contribution in [1.29, 1.82) is 0 Å². The second-order valence-electron chi connectivity index (χ2n) is 4.52. The first-order valence-corrected chi connectivity index (χ1v) is 7.93. The molecule has 0 heterocycles. The Morgan fingerprint density at radius 3 is 2.25 bits per heavy atom. The quantitative estimate of drug-likeness (QED) is 0.938. The molecule has 1 unspecified atom stereocenters. The molecule has 0 saturated carbocycles. The van der Waals surface area contributed by atoms with Gasteiger partial charge in [0.15, 0.2) is 9.84 Å². The summed E-state index contributed by atoms with van der Waals surface area (Å²) in [6, 6.07) is 13.4. The standard InChI is InChI=1S/C15H16O4S/c1-19-13-7-3-5-11(9-13)15(16)12-6-4-8-14(10-12)20(2,17)18/h3-10,15-16H,1-2H3. The molecular weight excluding hydrogens is 276 g/mol. The van der Waals surface area contributed by atoms with E-state index in [1.165, 1.54) is 12.1 Å². The van der Waals surface area contributed by atoms with Crippen LogP contribution >= 0.6 is 0 Å². The molecule has 0 amide bonds. The summed E-state index contributed by atoms with van der Waals surface area (Å²) in [4.78, 5) is 0.192. The number of aliphatic hydroxyl groups is 1.